The minimum absolute atomic E-state index is 0.000342. The van der Waals surface area contributed by atoms with E-state index in [4.69, 9.17) is 0 Å². The van der Waals surface area contributed by atoms with Gasteiger partial charge in [0, 0.05) is 18.8 Å². The van der Waals surface area contributed by atoms with Crippen LogP contribution in [0.3, 0.4) is 0 Å². The Morgan fingerprint density at radius 1 is 1.35 bits per heavy atom. The number of nitrogens with one attached hydrogen (secondary N) is 1. The first kappa shape index (κ1) is 16.6. The lowest BCUT2D eigenvalue weighted by molar-refractivity contribution is -0.121. The number of carbonyl (C=O) groups excluding carboxylic acids is 1. The molecule has 1 atom stereocenters. The fraction of sp³-hybridized carbons (Fsp3) is 0.571. The van der Waals surface area contributed by atoms with Crippen molar-refractivity contribution >= 4 is 15.7 Å². The Hall–Kier alpha value is -1.43. The molecular formula is C14H22N2O3S. The van der Waals surface area contributed by atoms with Gasteiger partial charge in [0.05, 0.1) is 17.5 Å². The maximum Gasteiger partial charge on any atom is 0.221 e. The molecule has 6 heteroatoms. The van der Waals surface area contributed by atoms with Gasteiger partial charge in [0.2, 0.25) is 5.91 Å². The number of carbonyl (C=O) groups is 1. The van der Waals surface area contributed by atoms with Crippen molar-refractivity contribution in [3.05, 3.63) is 30.1 Å². The number of sulfone groups is 1. The molecule has 0 aromatic carbocycles. The average molecular weight is 298 g/mol. The summed E-state index contributed by atoms with van der Waals surface area (Å²) in [6.07, 6.45) is 3.34. The molecule has 1 amide bonds. The number of aromatic nitrogens is 1. The lowest BCUT2D eigenvalue weighted by Gasteiger charge is -2.14. The van der Waals surface area contributed by atoms with E-state index in [1.165, 1.54) is 0 Å². The Morgan fingerprint density at radius 3 is 2.60 bits per heavy atom. The first-order valence-electron chi connectivity index (χ1n) is 6.70. The van der Waals surface area contributed by atoms with Crippen molar-refractivity contribution in [1.82, 2.24) is 10.3 Å². The first-order valence-corrected chi connectivity index (χ1v) is 8.52. The van der Waals surface area contributed by atoms with Crippen LogP contribution in [0.1, 0.15) is 38.8 Å². The first-order chi connectivity index (χ1) is 9.30. The fourth-order valence-electron chi connectivity index (χ4n) is 1.87. The molecule has 1 aromatic heterocycles. The molecule has 1 N–H and O–H groups in total. The summed E-state index contributed by atoms with van der Waals surface area (Å²) in [6.45, 7) is 5.54. The summed E-state index contributed by atoms with van der Waals surface area (Å²) >= 11 is 0. The molecule has 5 nitrogen and oxygen atoms in total. The van der Waals surface area contributed by atoms with Gasteiger partial charge in [0.1, 0.15) is 0 Å². The van der Waals surface area contributed by atoms with Crippen LogP contribution < -0.4 is 5.32 Å². The molecule has 0 aliphatic heterocycles. The minimum Gasteiger partial charge on any atom is -0.349 e. The molecule has 0 bridgehead atoms. The van der Waals surface area contributed by atoms with Crippen LogP contribution >= 0.6 is 0 Å². The average Bonchev–Trinajstić information content (AvgIpc) is 2.36. The van der Waals surface area contributed by atoms with Gasteiger partial charge in [0.25, 0.3) is 0 Å². The van der Waals surface area contributed by atoms with Crippen LogP contribution in [0.4, 0.5) is 0 Å². The number of rotatable bonds is 7. The predicted molar refractivity (Wildman–Crippen MR) is 78.9 cm³/mol. The molecule has 20 heavy (non-hydrogen) atoms. The van der Waals surface area contributed by atoms with Crippen LogP contribution in [0, 0.1) is 5.92 Å². The van der Waals surface area contributed by atoms with E-state index in [9.17, 15) is 13.2 Å². The molecule has 0 radical (unpaired) electrons. The van der Waals surface area contributed by atoms with Crippen LogP contribution in [0.15, 0.2) is 24.5 Å². The van der Waals surface area contributed by atoms with E-state index in [-0.39, 0.29) is 35.8 Å². The van der Waals surface area contributed by atoms with Gasteiger partial charge in [-0.25, -0.2) is 8.42 Å². The SMILES string of the molecule is CC(C)CS(=O)(=O)CCC(=O)NC(C)c1cccnc1. The monoisotopic (exact) mass is 298 g/mol. The topological polar surface area (TPSA) is 76.1 Å². The number of amides is 1. The number of pyridine rings is 1. The Morgan fingerprint density at radius 2 is 2.05 bits per heavy atom. The summed E-state index contributed by atoms with van der Waals surface area (Å²) < 4.78 is 23.4. The van der Waals surface area contributed by atoms with Crippen LogP contribution in [0.5, 0.6) is 0 Å². The smallest absolute Gasteiger partial charge is 0.221 e. The van der Waals surface area contributed by atoms with Gasteiger partial charge in [-0.1, -0.05) is 19.9 Å². The normalized spacial score (nSPS) is 13.2. The van der Waals surface area contributed by atoms with Gasteiger partial charge in [-0.2, -0.15) is 0 Å². The maximum atomic E-state index is 11.8. The van der Waals surface area contributed by atoms with Crippen LogP contribution in [-0.4, -0.2) is 30.8 Å². The van der Waals surface area contributed by atoms with E-state index < -0.39 is 9.84 Å². The van der Waals surface area contributed by atoms with Gasteiger partial charge in [-0.15, -0.1) is 0 Å². The van der Waals surface area contributed by atoms with E-state index in [1.54, 1.807) is 18.5 Å². The fourth-order valence-corrected chi connectivity index (χ4v) is 3.55. The van der Waals surface area contributed by atoms with Crippen LogP contribution in [0.2, 0.25) is 0 Å². The third kappa shape index (κ3) is 6.14. The molecule has 1 aromatic rings. The molecule has 0 fully saturated rings. The van der Waals surface area contributed by atoms with Crippen molar-refractivity contribution in [3.63, 3.8) is 0 Å². The highest BCUT2D eigenvalue weighted by atomic mass is 32.2. The van der Waals surface area contributed by atoms with Gasteiger partial charge >= 0.3 is 0 Å². The summed E-state index contributed by atoms with van der Waals surface area (Å²) in [5, 5.41) is 2.78. The van der Waals surface area contributed by atoms with E-state index in [1.807, 2.05) is 26.8 Å². The third-order valence-corrected chi connectivity index (χ3v) is 4.79. The predicted octanol–water partition coefficient (Wildman–Crippen LogP) is 1.72. The second-order valence-corrected chi connectivity index (χ2v) is 7.56. The molecular weight excluding hydrogens is 276 g/mol. The van der Waals surface area contributed by atoms with Crippen molar-refractivity contribution < 1.29 is 13.2 Å². The van der Waals surface area contributed by atoms with Gasteiger partial charge in [-0.3, -0.25) is 9.78 Å². The largest absolute Gasteiger partial charge is 0.349 e. The van der Waals surface area contributed by atoms with Crippen molar-refractivity contribution in [2.45, 2.75) is 33.2 Å². The summed E-state index contributed by atoms with van der Waals surface area (Å²) in [4.78, 5) is 15.7. The zero-order chi connectivity index (χ0) is 15.2. The molecule has 0 spiro atoms. The number of hydrogen-bond acceptors (Lipinski definition) is 4. The van der Waals surface area contributed by atoms with E-state index in [2.05, 4.69) is 10.3 Å². The molecule has 1 heterocycles. The van der Waals surface area contributed by atoms with E-state index in [0.29, 0.717) is 0 Å². The molecule has 0 saturated heterocycles. The molecule has 0 aliphatic carbocycles. The highest BCUT2D eigenvalue weighted by Gasteiger charge is 2.16. The summed E-state index contributed by atoms with van der Waals surface area (Å²) in [5.74, 6) is -0.152. The Kier molecular flexibility index (Phi) is 6.13. The van der Waals surface area contributed by atoms with Crippen molar-refractivity contribution in [3.8, 4) is 0 Å². The zero-order valence-electron chi connectivity index (χ0n) is 12.2. The second-order valence-electron chi connectivity index (χ2n) is 5.33. The minimum atomic E-state index is -3.15. The summed E-state index contributed by atoms with van der Waals surface area (Å²) in [6, 6.07) is 3.49. The lowest BCUT2D eigenvalue weighted by atomic mass is 10.1. The van der Waals surface area contributed by atoms with E-state index >= 15 is 0 Å². The Bertz CT molecular complexity index is 527. The lowest BCUT2D eigenvalue weighted by Crippen LogP contribution is -2.29. The maximum absolute atomic E-state index is 11.8. The van der Waals surface area contributed by atoms with Crippen molar-refractivity contribution in [1.29, 1.82) is 0 Å². The van der Waals surface area contributed by atoms with E-state index in [0.717, 1.165) is 5.56 Å². The van der Waals surface area contributed by atoms with Crippen LogP contribution in [0.25, 0.3) is 0 Å². The van der Waals surface area contributed by atoms with Crippen LogP contribution in [-0.2, 0) is 14.6 Å². The Balaban J connectivity index is 2.45. The second kappa shape index (κ2) is 7.38. The van der Waals surface area contributed by atoms with Crippen molar-refractivity contribution in [2.24, 2.45) is 5.92 Å². The number of hydrogen-bond donors (Lipinski definition) is 1. The number of nitrogens with zero attached hydrogens (tertiary/aromatic N) is 1. The molecule has 0 aliphatic rings. The quantitative estimate of drug-likeness (QED) is 0.831. The molecule has 1 unspecified atom stereocenters. The van der Waals surface area contributed by atoms with Crippen molar-refractivity contribution in [2.75, 3.05) is 11.5 Å². The molecule has 1 rings (SSSR count). The van der Waals surface area contributed by atoms with Gasteiger partial charge < -0.3 is 5.32 Å². The summed E-state index contributed by atoms with van der Waals surface area (Å²) in [7, 11) is -3.15. The van der Waals surface area contributed by atoms with Gasteiger partial charge in [-0.05, 0) is 24.5 Å². The highest BCUT2D eigenvalue weighted by molar-refractivity contribution is 7.91. The summed E-state index contributed by atoms with van der Waals surface area (Å²) in [5.41, 5.74) is 0.894. The third-order valence-electron chi connectivity index (χ3n) is 2.79. The Labute approximate surface area is 120 Å². The molecule has 112 valence electrons. The zero-order valence-corrected chi connectivity index (χ0v) is 13.0. The standard InChI is InChI=1S/C14H22N2O3S/c1-11(2)10-20(18,19)8-6-14(17)16-12(3)13-5-4-7-15-9-13/h4-5,7,9,11-12H,6,8,10H2,1-3H3,(H,16,17). The highest BCUT2D eigenvalue weighted by Crippen LogP contribution is 2.10. The van der Waals surface area contributed by atoms with Gasteiger partial charge in [0.15, 0.2) is 9.84 Å². The molecule has 0 saturated carbocycles.